The number of anilines is 1. The Hall–Kier alpha value is -1.34. The maximum Gasteiger partial charge on any atom is 0.174 e. The van der Waals surface area contributed by atoms with Crippen LogP contribution >= 0.6 is 23.3 Å². The Morgan fingerprint density at radius 1 is 1.50 bits per heavy atom. The number of benzene rings is 1. The topological polar surface area (TPSA) is 61.0 Å². The SMILES string of the molecule is CCc1nsc(Sc2cc(OC)c(F)cc2N)n1. The molecule has 0 spiro atoms. The van der Waals surface area contributed by atoms with E-state index in [2.05, 4.69) is 9.36 Å². The lowest BCUT2D eigenvalue weighted by Crippen LogP contribution is -1.94. The molecule has 0 saturated heterocycles. The quantitative estimate of drug-likeness (QED) is 0.875. The van der Waals surface area contributed by atoms with Crippen molar-refractivity contribution in [3.8, 4) is 5.75 Å². The number of nitrogen functional groups attached to an aromatic ring is 1. The molecule has 1 aromatic heterocycles. The van der Waals surface area contributed by atoms with Gasteiger partial charge in [-0.25, -0.2) is 9.37 Å². The first-order valence-electron chi connectivity index (χ1n) is 5.27. The fourth-order valence-corrected chi connectivity index (χ4v) is 3.02. The highest BCUT2D eigenvalue weighted by atomic mass is 32.2. The molecule has 0 fully saturated rings. The zero-order chi connectivity index (χ0) is 13.1. The number of aromatic nitrogens is 2. The predicted octanol–water partition coefficient (Wildman–Crippen LogP) is 2.98. The summed E-state index contributed by atoms with van der Waals surface area (Å²) in [5.74, 6) is 0.507. The summed E-state index contributed by atoms with van der Waals surface area (Å²) in [5.41, 5.74) is 6.14. The normalized spacial score (nSPS) is 10.6. The summed E-state index contributed by atoms with van der Waals surface area (Å²) >= 11 is 2.67. The molecule has 2 N–H and O–H groups in total. The summed E-state index contributed by atoms with van der Waals surface area (Å²) in [5, 5.41) is 0. The van der Waals surface area contributed by atoms with Gasteiger partial charge in [0.15, 0.2) is 15.9 Å². The molecule has 0 radical (unpaired) electrons. The first kappa shape index (κ1) is 13.1. The van der Waals surface area contributed by atoms with E-state index in [-0.39, 0.29) is 5.75 Å². The van der Waals surface area contributed by atoms with Gasteiger partial charge in [0.1, 0.15) is 5.82 Å². The van der Waals surface area contributed by atoms with E-state index in [4.69, 9.17) is 10.5 Å². The summed E-state index contributed by atoms with van der Waals surface area (Å²) in [6, 6.07) is 2.82. The predicted molar refractivity (Wildman–Crippen MR) is 70.8 cm³/mol. The second-order valence-electron chi connectivity index (χ2n) is 3.46. The van der Waals surface area contributed by atoms with Crippen molar-refractivity contribution in [2.75, 3.05) is 12.8 Å². The minimum Gasteiger partial charge on any atom is -0.494 e. The number of aryl methyl sites for hydroxylation is 1. The van der Waals surface area contributed by atoms with Gasteiger partial charge in [-0.2, -0.15) is 4.37 Å². The van der Waals surface area contributed by atoms with Gasteiger partial charge < -0.3 is 10.5 Å². The largest absolute Gasteiger partial charge is 0.494 e. The van der Waals surface area contributed by atoms with E-state index in [1.165, 1.54) is 36.5 Å². The molecule has 1 heterocycles. The van der Waals surface area contributed by atoms with Crippen molar-refractivity contribution in [2.45, 2.75) is 22.6 Å². The smallest absolute Gasteiger partial charge is 0.174 e. The first-order chi connectivity index (χ1) is 8.63. The van der Waals surface area contributed by atoms with E-state index in [1.807, 2.05) is 6.92 Å². The Labute approximate surface area is 113 Å². The molecular weight excluding hydrogens is 273 g/mol. The van der Waals surface area contributed by atoms with Crippen LogP contribution in [-0.4, -0.2) is 16.5 Å². The van der Waals surface area contributed by atoms with Gasteiger partial charge in [0.25, 0.3) is 0 Å². The van der Waals surface area contributed by atoms with Crippen molar-refractivity contribution >= 4 is 29.0 Å². The van der Waals surface area contributed by atoms with Crippen LogP contribution in [0, 0.1) is 5.82 Å². The minimum atomic E-state index is -0.467. The number of rotatable bonds is 4. The molecule has 0 unspecified atom stereocenters. The molecule has 0 aliphatic rings. The average Bonchev–Trinajstić information content (AvgIpc) is 2.80. The van der Waals surface area contributed by atoms with Crippen LogP contribution < -0.4 is 10.5 Å². The van der Waals surface area contributed by atoms with Crippen molar-refractivity contribution in [3.05, 3.63) is 23.8 Å². The van der Waals surface area contributed by atoms with Crippen LogP contribution in [0.15, 0.2) is 21.4 Å². The molecule has 0 aliphatic carbocycles. The van der Waals surface area contributed by atoms with Crippen molar-refractivity contribution in [1.82, 2.24) is 9.36 Å². The van der Waals surface area contributed by atoms with Gasteiger partial charge in [-0.3, -0.25) is 0 Å². The molecule has 96 valence electrons. The summed E-state index contributed by atoms with van der Waals surface area (Å²) in [7, 11) is 1.42. The average molecular weight is 285 g/mol. The van der Waals surface area contributed by atoms with Gasteiger partial charge >= 0.3 is 0 Å². The van der Waals surface area contributed by atoms with Crippen molar-refractivity contribution in [1.29, 1.82) is 0 Å². The van der Waals surface area contributed by atoms with E-state index >= 15 is 0 Å². The first-order valence-corrected chi connectivity index (χ1v) is 6.86. The molecule has 4 nitrogen and oxygen atoms in total. The Balaban J connectivity index is 2.28. The van der Waals surface area contributed by atoms with Crippen LogP contribution in [0.4, 0.5) is 10.1 Å². The van der Waals surface area contributed by atoms with Crippen LogP contribution in [0.25, 0.3) is 0 Å². The van der Waals surface area contributed by atoms with E-state index in [0.29, 0.717) is 10.6 Å². The summed E-state index contributed by atoms with van der Waals surface area (Å²) in [6.07, 6.45) is 0.791. The second kappa shape index (κ2) is 5.53. The van der Waals surface area contributed by atoms with Crippen LogP contribution in [0.2, 0.25) is 0 Å². The van der Waals surface area contributed by atoms with Crippen molar-refractivity contribution in [3.63, 3.8) is 0 Å². The molecule has 2 aromatic rings. The fourth-order valence-electron chi connectivity index (χ4n) is 1.31. The number of nitrogens with two attached hydrogens (primary N) is 1. The van der Waals surface area contributed by atoms with Gasteiger partial charge in [-0.05, 0) is 17.6 Å². The lowest BCUT2D eigenvalue weighted by atomic mass is 10.3. The second-order valence-corrected chi connectivity index (χ2v) is 5.50. The molecule has 7 heteroatoms. The number of hydrogen-bond acceptors (Lipinski definition) is 6. The third kappa shape index (κ3) is 2.73. The number of nitrogens with zero attached hydrogens (tertiary/aromatic N) is 2. The minimum absolute atomic E-state index is 0.173. The maximum atomic E-state index is 13.4. The summed E-state index contributed by atoms with van der Waals surface area (Å²) < 4.78 is 23.3. The zero-order valence-electron chi connectivity index (χ0n) is 9.94. The third-order valence-electron chi connectivity index (χ3n) is 2.25. The molecule has 18 heavy (non-hydrogen) atoms. The van der Waals surface area contributed by atoms with Gasteiger partial charge in [0.05, 0.1) is 7.11 Å². The van der Waals surface area contributed by atoms with Crippen molar-refractivity contribution in [2.24, 2.45) is 0 Å². The number of hydrogen-bond donors (Lipinski definition) is 1. The highest BCUT2D eigenvalue weighted by Crippen LogP contribution is 2.36. The Morgan fingerprint density at radius 2 is 2.28 bits per heavy atom. The molecule has 2 rings (SSSR count). The highest BCUT2D eigenvalue weighted by molar-refractivity contribution is 8.01. The summed E-state index contributed by atoms with van der Waals surface area (Å²) in [6.45, 7) is 1.99. The molecule has 0 atom stereocenters. The fraction of sp³-hybridized carbons (Fsp3) is 0.273. The molecule has 1 aromatic carbocycles. The van der Waals surface area contributed by atoms with E-state index in [1.54, 1.807) is 6.07 Å². The lowest BCUT2D eigenvalue weighted by Gasteiger charge is -2.07. The number of ether oxygens (including phenoxy) is 1. The van der Waals surface area contributed by atoms with Crippen LogP contribution in [0.5, 0.6) is 5.75 Å². The van der Waals surface area contributed by atoms with E-state index in [0.717, 1.165) is 16.6 Å². The Kier molecular flexibility index (Phi) is 4.03. The summed E-state index contributed by atoms with van der Waals surface area (Å²) in [4.78, 5) is 5.04. The third-order valence-corrected chi connectivity index (χ3v) is 4.11. The monoisotopic (exact) mass is 285 g/mol. The van der Waals surface area contributed by atoms with Crippen LogP contribution in [0.3, 0.4) is 0 Å². The molecule has 0 amide bonds. The van der Waals surface area contributed by atoms with Gasteiger partial charge in [0.2, 0.25) is 0 Å². The maximum absolute atomic E-state index is 13.4. The number of methoxy groups -OCH3 is 1. The molecule has 0 saturated carbocycles. The number of halogens is 1. The molecular formula is C11H12FN3OS2. The molecule has 0 aliphatic heterocycles. The Bertz CT molecular complexity index is 559. The standard InChI is InChI=1S/C11H12FN3OS2/c1-3-10-14-11(18-15-10)17-9-5-8(16-2)6(12)4-7(9)13/h4-5H,3,13H2,1-2H3. The highest BCUT2D eigenvalue weighted by Gasteiger charge is 2.12. The van der Waals surface area contributed by atoms with Gasteiger partial charge in [-0.15, -0.1) is 0 Å². The van der Waals surface area contributed by atoms with Crippen LogP contribution in [-0.2, 0) is 6.42 Å². The van der Waals surface area contributed by atoms with Crippen LogP contribution in [0.1, 0.15) is 12.7 Å². The zero-order valence-corrected chi connectivity index (χ0v) is 11.6. The van der Waals surface area contributed by atoms with Crippen molar-refractivity contribution < 1.29 is 9.13 Å². The van der Waals surface area contributed by atoms with Gasteiger partial charge in [-0.1, -0.05) is 18.7 Å². The molecule has 0 bridgehead atoms. The lowest BCUT2D eigenvalue weighted by molar-refractivity contribution is 0.385. The van der Waals surface area contributed by atoms with E-state index in [9.17, 15) is 4.39 Å². The van der Waals surface area contributed by atoms with Gasteiger partial charge in [0, 0.05) is 23.1 Å². The Morgan fingerprint density at radius 3 is 2.89 bits per heavy atom. The van der Waals surface area contributed by atoms with E-state index < -0.39 is 5.82 Å².